The Labute approximate surface area is 118 Å². The van der Waals surface area contributed by atoms with Crippen LogP contribution in [0.2, 0.25) is 18.1 Å². The highest BCUT2D eigenvalue weighted by molar-refractivity contribution is 6.74. The quantitative estimate of drug-likeness (QED) is 0.509. The van der Waals surface area contributed by atoms with Gasteiger partial charge in [0.25, 0.3) is 0 Å². The predicted molar refractivity (Wildman–Crippen MR) is 84.1 cm³/mol. The largest absolute Gasteiger partial charge is 0.413 e. The highest BCUT2D eigenvalue weighted by atomic mass is 28.4. The standard InChI is InChI=1S/C15H28N2OSi/c1-15(2,3)19(5,6)18-12-14-9-7-13(8-10-14)11-17(4)16/h7-10H,11-12,16H2,1-6H3. The molecule has 0 saturated heterocycles. The normalized spacial score (nSPS) is 13.1. The van der Waals surface area contributed by atoms with Gasteiger partial charge in [0.2, 0.25) is 0 Å². The van der Waals surface area contributed by atoms with Crippen molar-refractivity contribution in [3.63, 3.8) is 0 Å². The molecule has 0 aromatic heterocycles. The Morgan fingerprint density at radius 1 is 1.11 bits per heavy atom. The van der Waals surface area contributed by atoms with E-state index in [1.54, 1.807) is 5.01 Å². The molecule has 3 nitrogen and oxygen atoms in total. The zero-order valence-corrected chi connectivity index (χ0v) is 14.2. The van der Waals surface area contributed by atoms with Crippen molar-refractivity contribution in [2.45, 2.75) is 52.1 Å². The number of hydrogen-bond donors (Lipinski definition) is 1. The fraction of sp³-hybridized carbons (Fsp3) is 0.600. The first kappa shape index (κ1) is 16.4. The van der Waals surface area contributed by atoms with Gasteiger partial charge in [0.1, 0.15) is 0 Å². The van der Waals surface area contributed by atoms with Gasteiger partial charge >= 0.3 is 0 Å². The number of hydrazine groups is 1. The molecule has 1 aromatic rings. The van der Waals surface area contributed by atoms with Crippen LogP contribution in [0.4, 0.5) is 0 Å². The van der Waals surface area contributed by atoms with E-state index in [2.05, 4.69) is 58.1 Å². The van der Waals surface area contributed by atoms with Crippen LogP contribution in [0, 0.1) is 0 Å². The second-order valence-corrected chi connectivity index (χ2v) is 11.6. The summed E-state index contributed by atoms with van der Waals surface area (Å²) >= 11 is 0. The zero-order chi connectivity index (χ0) is 14.7. The van der Waals surface area contributed by atoms with Gasteiger partial charge in [-0.15, -0.1) is 0 Å². The van der Waals surface area contributed by atoms with Crippen molar-refractivity contribution in [3.05, 3.63) is 35.4 Å². The van der Waals surface area contributed by atoms with Gasteiger partial charge in [0.15, 0.2) is 8.32 Å². The molecule has 0 heterocycles. The average Bonchev–Trinajstić information content (AvgIpc) is 2.26. The van der Waals surface area contributed by atoms with Crippen LogP contribution in [0.5, 0.6) is 0 Å². The smallest absolute Gasteiger partial charge is 0.192 e. The maximum Gasteiger partial charge on any atom is 0.192 e. The minimum Gasteiger partial charge on any atom is -0.413 e. The molecule has 0 spiro atoms. The fourth-order valence-electron chi connectivity index (χ4n) is 1.51. The molecule has 2 N–H and O–H groups in total. The van der Waals surface area contributed by atoms with Crippen molar-refractivity contribution in [2.24, 2.45) is 5.84 Å². The van der Waals surface area contributed by atoms with Crippen LogP contribution in [0.1, 0.15) is 31.9 Å². The van der Waals surface area contributed by atoms with Gasteiger partial charge in [-0.1, -0.05) is 45.0 Å². The van der Waals surface area contributed by atoms with E-state index in [4.69, 9.17) is 10.3 Å². The molecular weight excluding hydrogens is 252 g/mol. The molecule has 0 bridgehead atoms. The van der Waals surface area contributed by atoms with Crippen LogP contribution < -0.4 is 5.84 Å². The molecule has 0 unspecified atom stereocenters. The summed E-state index contributed by atoms with van der Waals surface area (Å²) < 4.78 is 6.20. The first-order chi connectivity index (χ1) is 8.62. The van der Waals surface area contributed by atoms with Gasteiger partial charge in [-0.05, 0) is 29.3 Å². The Balaban J connectivity index is 2.59. The lowest BCUT2D eigenvalue weighted by molar-refractivity contribution is 0.276. The summed E-state index contributed by atoms with van der Waals surface area (Å²) in [6.07, 6.45) is 0. The van der Waals surface area contributed by atoms with E-state index in [-0.39, 0.29) is 5.04 Å². The predicted octanol–water partition coefficient (Wildman–Crippen LogP) is 3.51. The van der Waals surface area contributed by atoms with Gasteiger partial charge < -0.3 is 4.43 Å². The molecule has 0 aliphatic heterocycles. The molecule has 0 aliphatic carbocycles. The van der Waals surface area contributed by atoms with Crippen molar-refractivity contribution in [1.29, 1.82) is 0 Å². The van der Waals surface area contributed by atoms with E-state index >= 15 is 0 Å². The topological polar surface area (TPSA) is 38.5 Å². The number of nitrogens with zero attached hydrogens (tertiary/aromatic N) is 1. The summed E-state index contributed by atoms with van der Waals surface area (Å²) in [6.45, 7) is 12.8. The Bertz CT molecular complexity index is 394. The first-order valence-electron chi connectivity index (χ1n) is 6.79. The molecule has 1 aromatic carbocycles. The van der Waals surface area contributed by atoms with Gasteiger partial charge in [-0.2, -0.15) is 0 Å². The summed E-state index contributed by atoms with van der Waals surface area (Å²) in [5.41, 5.74) is 2.45. The van der Waals surface area contributed by atoms with E-state index in [1.165, 1.54) is 11.1 Å². The Kier molecular flexibility index (Phi) is 5.32. The van der Waals surface area contributed by atoms with E-state index in [1.807, 2.05) is 7.05 Å². The molecule has 0 atom stereocenters. The summed E-state index contributed by atoms with van der Waals surface area (Å²) in [7, 11) is 0.214. The van der Waals surface area contributed by atoms with Crippen molar-refractivity contribution in [2.75, 3.05) is 7.05 Å². The molecule has 4 heteroatoms. The average molecular weight is 280 g/mol. The summed E-state index contributed by atoms with van der Waals surface area (Å²) in [6, 6.07) is 8.50. The van der Waals surface area contributed by atoms with Crippen LogP contribution in [0.3, 0.4) is 0 Å². The lowest BCUT2D eigenvalue weighted by Crippen LogP contribution is -2.40. The highest BCUT2D eigenvalue weighted by Crippen LogP contribution is 2.37. The summed E-state index contributed by atoms with van der Waals surface area (Å²) in [5.74, 6) is 5.64. The molecule has 0 radical (unpaired) electrons. The molecule has 0 saturated carbocycles. The molecule has 1 rings (SSSR count). The summed E-state index contributed by atoms with van der Waals surface area (Å²) in [4.78, 5) is 0. The third kappa shape index (κ3) is 5.07. The second kappa shape index (κ2) is 6.18. The third-order valence-corrected chi connectivity index (χ3v) is 8.34. The van der Waals surface area contributed by atoms with Gasteiger partial charge in [-0.25, -0.2) is 5.01 Å². The SMILES string of the molecule is CN(N)Cc1ccc(CO[Si](C)(C)C(C)(C)C)cc1. The highest BCUT2D eigenvalue weighted by Gasteiger charge is 2.36. The molecule has 19 heavy (non-hydrogen) atoms. The minimum absolute atomic E-state index is 0.259. The monoisotopic (exact) mass is 280 g/mol. The number of benzene rings is 1. The van der Waals surface area contributed by atoms with Gasteiger partial charge in [0.05, 0.1) is 6.61 Å². The molecule has 0 amide bonds. The van der Waals surface area contributed by atoms with Crippen LogP contribution in [-0.4, -0.2) is 20.4 Å². The Hall–Kier alpha value is -0.683. The van der Waals surface area contributed by atoms with Crippen LogP contribution in [0.25, 0.3) is 0 Å². The fourth-order valence-corrected chi connectivity index (χ4v) is 2.47. The van der Waals surface area contributed by atoms with Gasteiger partial charge in [-0.3, -0.25) is 5.84 Å². The maximum atomic E-state index is 6.20. The van der Waals surface area contributed by atoms with E-state index in [0.717, 1.165) is 6.54 Å². The first-order valence-corrected chi connectivity index (χ1v) is 9.70. The lowest BCUT2D eigenvalue weighted by atomic mass is 10.1. The van der Waals surface area contributed by atoms with E-state index in [9.17, 15) is 0 Å². The second-order valence-electron chi connectivity index (χ2n) is 6.78. The third-order valence-electron chi connectivity index (χ3n) is 3.86. The molecule has 0 aliphatic rings. The minimum atomic E-state index is -1.66. The zero-order valence-electron chi connectivity index (χ0n) is 13.2. The number of hydrogen-bond acceptors (Lipinski definition) is 3. The van der Waals surface area contributed by atoms with E-state index in [0.29, 0.717) is 6.61 Å². The number of rotatable bonds is 5. The van der Waals surface area contributed by atoms with Crippen LogP contribution >= 0.6 is 0 Å². The van der Waals surface area contributed by atoms with Crippen molar-refractivity contribution >= 4 is 8.32 Å². The molecule has 0 fully saturated rings. The lowest BCUT2D eigenvalue weighted by Gasteiger charge is -2.36. The van der Waals surface area contributed by atoms with Crippen LogP contribution in [0.15, 0.2) is 24.3 Å². The van der Waals surface area contributed by atoms with E-state index < -0.39 is 8.32 Å². The van der Waals surface area contributed by atoms with Gasteiger partial charge in [0, 0.05) is 13.6 Å². The maximum absolute atomic E-state index is 6.20. The molecular formula is C15H28N2OSi. The van der Waals surface area contributed by atoms with Crippen molar-refractivity contribution in [1.82, 2.24) is 5.01 Å². The Morgan fingerprint density at radius 2 is 1.58 bits per heavy atom. The summed E-state index contributed by atoms with van der Waals surface area (Å²) in [5, 5.41) is 1.94. The van der Waals surface area contributed by atoms with Crippen molar-refractivity contribution < 1.29 is 4.43 Å². The molecule has 108 valence electrons. The number of nitrogens with two attached hydrogens (primary N) is 1. The van der Waals surface area contributed by atoms with Crippen LogP contribution in [-0.2, 0) is 17.6 Å². The Morgan fingerprint density at radius 3 is 2.00 bits per heavy atom. The van der Waals surface area contributed by atoms with Crippen molar-refractivity contribution in [3.8, 4) is 0 Å².